The zero-order chi connectivity index (χ0) is 96.1. The third-order valence-electron chi connectivity index (χ3n) is 26.8. The molecule has 0 spiro atoms. The summed E-state index contributed by atoms with van der Waals surface area (Å²) in [4.78, 5) is 132. The van der Waals surface area contributed by atoms with E-state index >= 15 is 0 Å². The van der Waals surface area contributed by atoms with Crippen molar-refractivity contribution < 1.29 is 65.5 Å². The molecule has 2 unspecified atom stereocenters. The summed E-state index contributed by atoms with van der Waals surface area (Å²) in [5.74, 6) is -0.327. The standard InChI is InChI=1S/C17H22BrN5O.C16H22FN3O2.C16H23N5O.3C15H21FN4O2/c1-10(2)14-7-15(20-19-14)17(24)22-6-5-12(8-22)23-9-13(18)16(21-23)11-3-4-11;1-9(2)13-7-14(19-18-13)16(22)20-4-3-10(8-20)5-15(21)11-6-12(11)17;1-10(2)14-8-15(18-17-14)16(22)20-6-5-13(9-20)21-12(4)7-11(3)19-21;3*1-8(2)12-6-13(19-18-12)15(22)20-4-3-9(7-20)17-14(21)10-5-11(10)16/h7,9-12H,3-6,8H2,1-2H3,(H,19,20);7,9-12H,3-6,8H2,1-2H3,(H,18,19);7-8,10,13H,5-6,9H2,1-4H3,(H,17,18);3*6,8-11H,3-5,7H2,1-2H3,(H,17,21)(H,18,19)/t;10-,11+,12+;;9-,10+,11-;9-,10-,11+;9-,10-,11-/m.0.000/s1. The maximum atomic E-state index is 12.9. The van der Waals surface area contributed by atoms with E-state index in [1.54, 1.807) is 43.9 Å². The lowest BCUT2D eigenvalue weighted by Gasteiger charge is -2.16. The molecule has 0 radical (unpaired) electrons. The zero-order valence-electron chi connectivity index (χ0n) is 79.0. The summed E-state index contributed by atoms with van der Waals surface area (Å²) in [6, 6.07) is 13.2. The van der Waals surface area contributed by atoms with Crippen LogP contribution in [-0.2, 0) is 19.2 Å². The first-order chi connectivity index (χ1) is 63.8. The summed E-state index contributed by atoms with van der Waals surface area (Å²) in [5, 5.41) is 59.8. The topological polar surface area (TPSA) is 434 Å². The predicted molar refractivity (Wildman–Crippen MR) is 492 cm³/mol. The van der Waals surface area contributed by atoms with Gasteiger partial charge < -0.3 is 45.3 Å². The fourth-order valence-corrected chi connectivity index (χ4v) is 18.1. The van der Waals surface area contributed by atoms with Crippen molar-refractivity contribution in [1.82, 2.24) is 126 Å². The Kier molecular flexibility index (Phi) is 31.5. The molecule has 35 nitrogen and oxygen atoms in total. The molecule has 5 saturated carbocycles. The molecular weight excluding hydrogens is 1800 g/mol. The van der Waals surface area contributed by atoms with Gasteiger partial charge in [0.05, 0.1) is 51.6 Å². The van der Waals surface area contributed by atoms with Crippen molar-refractivity contribution in [3.05, 3.63) is 139 Å². The van der Waals surface area contributed by atoms with Crippen LogP contribution in [0.5, 0.6) is 0 Å². The van der Waals surface area contributed by atoms with E-state index in [0.717, 1.165) is 82.4 Å². The highest BCUT2D eigenvalue weighted by Gasteiger charge is 2.49. The van der Waals surface area contributed by atoms with Gasteiger partial charge in [0.2, 0.25) is 17.7 Å². The normalized spacial score (nSPS) is 24.7. The van der Waals surface area contributed by atoms with Crippen LogP contribution in [0.4, 0.5) is 17.6 Å². The van der Waals surface area contributed by atoms with Gasteiger partial charge in [0.25, 0.3) is 35.4 Å². The molecule has 726 valence electrons. The quantitative estimate of drug-likeness (QED) is 0.0254. The largest absolute Gasteiger partial charge is 0.351 e. The summed E-state index contributed by atoms with van der Waals surface area (Å²) in [6.07, 6.45) is 7.19. The molecule has 11 fully saturated rings. The molecule has 0 aromatic carbocycles. The summed E-state index contributed by atoms with van der Waals surface area (Å²) in [5.41, 5.74) is 11.7. The second-order valence-corrected chi connectivity index (χ2v) is 40.7. The van der Waals surface area contributed by atoms with E-state index in [4.69, 9.17) is 5.10 Å². The Morgan fingerprint density at radius 2 is 0.657 bits per heavy atom. The molecule has 0 bridgehead atoms. The average Bonchev–Trinajstić information content (AvgIpc) is 1.64. The molecule has 19 rings (SSSR count). The van der Waals surface area contributed by atoms with Crippen LogP contribution in [0.25, 0.3) is 0 Å². The average molecular weight is 1930 g/mol. The monoisotopic (exact) mass is 1920 g/mol. The second kappa shape index (κ2) is 42.8. The van der Waals surface area contributed by atoms with Crippen molar-refractivity contribution in [1.29, 1.82) is 0 Å². The molecule has 40 heteroatoms. The van der Waals surface area contributed by atoms with Crippen LogP contribution < -0.4 is 16.0 Å². The number of aryl methyl sites for hydroxylation is 2. The number of aromatic nitrogens is 16. The summed E-state index contributed by atoms with van der Waals surface area (Å²) in [6.45, 7) is 35.9. The van der Waals surface area contributed by atoms with Crippen molar-refractivity contribution in [2.75, 3.05) is 78.5 Å². The van der Waals surface area contributed by atoms with E-state index < -0.39 is 42.4 Å². The maximum Gasteiger partial charge on any atom is 0.274 e. The van der Waals surface area contributed by atoms with Crippen LogP contribution in [0, 0.1) is 43.4 Å². The number of rotatable bonds is 24. The van der Waals surface area contributed by atoms with E-state index in [9.17, 15) is 65.5 Å². The number of halogens is 5. The van der Waals surface area contributed by atoms with Crippen molar-refractivity contribution in [3.63, 3.8) is 0 Å². The highest BCUT2D eigenvalue weighted by Crippen LogP contribution is 2.44. The number of ketones is 1. The van der Waals surface area contributed by atoms with Gasteiger partial charge in [0.15, 0.2) is 0 Å². The number of hydrogen-bond acceptors (Lipinski definition) is 18. The number of carbonyl (C=O) groups is 10. The van der Waals surface area contributed by atoms with Crippen molar-refractivity contribution >= 4 is 74.9 Å². The molecule has 9 amide bonds. The Balaban J connectivity index is 0.000000129. The SMILES string of the molecule is CC(C)c1cc(C(=O)N2CCC(n3cc(Br)c(C4CC4)n3)C2)n[nH]1.CC(C)c1cc(C(=O)N2CC[C@@H](CC(=O)[C@@H]3C[C@H]3F)C2)n[nH]1.CC(C)c1cc(C(=O)N2CC[C@H](NC(=O)[C@@H]3C[C@@H]3F)C2)n[nH]1.CC(C)c1cc(C(=O)N2CC[C@H](NC(=O)[C@H]3C[C@@H]3F)C2)n[nH]1.CC(C)c1cc(C(=O)N2CC[C@H](NC(=O)[C@H]3C[C@H]3F)C2)n[nH]1.Cc1cc(C)n(C2CCN(C(=O)c3cc(C(C)C)[nH]n3)C2)n1. The first-order valence-corrected chi connectivity index (χ1v) is 48.4. The maximum absolute atomic E-state index is 12.9. The second-order valence-electron chi connectivity index (χ2n) is 39.8. The van der Waals surface area contributed by atoms with Crippen LogP contribution in [0.1, 0.15) is 334 Å². The minimum Gasteiger partial charge on any atom is -0.351 e. The van der Waals surface area contributed by atoms with Gasteiger partial charge in [-0.05, 0) is 191 Å². The van der Waals surface area contributed by atoms with Gasteiger partial charge in [0, 0.05) is 155 Å². The van der Waals surface area contributed by atoms with E-state index in [-0.39, 0.29) is 119 Å². The number of Topliss-reactive ketones (excluding diaryl/α,β-unsaturated/α-hetero) is 1. The van der Waals surface area contributed by atoms with Crippen LogP contribution in [0.15, 0.2) is 53.1 Å². The Morgan fingerprint density at radius 1 is 0.373 bits per heavy atom. The summed E-state index contributed by atoms with van der Waals surface area (Å²) >= 11 is 3.62. The summed E-state index contributed by atoms with van der Waals surface area (Å²) in [7, 11) is 0. The minimum atomic E-state index is -0.988. The van der Waals surface area contributed by atoms with E-state index in [0.29, 0.717) is 175 Å². The predicted octanol–water partition coefficient (Wildman–Crippen LogP) is 11.9. The first kappa shape index (κ1) is 98.8. The molecular formula is C94H130BrF4N25O10. The van der Waals surface area contributed by atoms with Gasteiger partial charge in [-0.1, -0.05) is 83.1 Å². The van der Waals surface area contributed by atoms with E-state index in [2.05, 4.69) is 145 Å². The van der Waals surface area contributed by atoms with Crippen LogP contribution >= 0.6 is 15.9 Å². The number of hydrogen-bond donors (Lipinski definition) is 9. The molecule has 11 aliphatic rings. The fourth-order valence-electron chi connectivity index (χ4n) is 17.4. The minimum absolute atomic E-state index is 0.00665. The number of nitrogens with zero attached hydrogens (tertiary/aromatic N) is 16. The highest BCUT2D eigenvalue weighted by atomic mass is 79.9. The van der Waals surface area contributed by atoms with Gasteiger partial charge >= 0.3 is 0 Å². The lowest BCUT2D eigenvalue weighted by Crippen LogP contribution is -2.39. The first-order valence-electron chi connectivity index (χ1n) is 47.6. The Hall–Kier alpha value is -11.2. The van der Waals surface area contributed by atoms with Crippen molar-refractivity contribution in [3.8, 4) is 0 Å². The molecule has 9 N–H and O–H groups in total. The number of amides is 9. The zero-order valence-corrected chi connectivity index (χ0v) is 80.6. The number of alkyl halides is 4. The van der Waals surface area contributed by atoms with Crippen molar-refractivity contribution in [2.45, 2.75) is 277 Å². The van der Waals surface area contributed by atoms with Crippen LogP contribution in [-0.4, -0.2) is 290 Å². The van der Waals surface area contributed by atoms with Gasteiger partial charge in [-0.25, -0.2) is 17.6 Å². The molecule has 8 aromatic rings. The lowest BCUT2D eigenvalue weighted by atomic mass is 9.99. The van der Waals surface area contributed by atoms with Gasteiger partial charge in [-0.15, -0.1) is 0 Å². The molecule has 5 aliphatic carbocycles. The van der Waals surface area contributed by atoms with Gasteiger partial charge in [-0.2, -0.15) is 40.8 Å². The van der Waals surface area contributed by atoms with Crippen molar-refractivity contribution in [2.24, 2.45) is 29.6 Å². The number of aromatic amines is 6. The molecule has 134 heavy (non-hydrogen) atoms. The lowest BCUT2D eigenvalue weighted by molar-refractivity contribution is -0.124. The van der Waals surface area contributed by atoms with Gasteiger partial charge in [0.1, 0.15) is 64.6 Å². The molecule has 8 aromatic heterocycles. The van der Waals surface area contributed by atoms with E-state index in [1.807, 2.05) is 93.6 Å². The summed E-state index contributed by atoms with van der Waals surface area (Å²) < 4.78 is 56.7. The molecule has 6 saturated heterocycles. The Labute approximate surface area is 785 Å². The highest BCUT2D eigenvalue weighted by molar-refractivity contribution is 9.10. The third-order valence-corrected chi connectivity index (χ3v) is 27.4. The molecule has 14 atom stereocenters. The third kappa shape index (κ3) is 24.9. The Bertz CT molecular complexity index is 5080. The fraction of sp³-hybridized carbons (Fsp3) is 0.638. The number of H-pyrrole nitrogens is 6. The molecule has 6 aliphatic heterocycles. The smallest absolute Gasteiger partial charge is 0.274 e. The molecule has 14 heterocycles. The van der Waals surface area contributed by atoms with Crippen LogP contribution in [0.2, 0.25) is 0 Å². The van der Waals surface area contributed by atoms with E-state index in [1.165, 1.54) is 18.5 Å². The van der Waals surface area contributed by atoms with Crippen LogP contribution in [0.3, 0.4) is 0 Å². The number of nitrogens with one attached hydrogen (secondary N) is 9. The van der Waals surface area contributed by atoms with Gasteiger partial charge in [-0.3, -0.25) is 87.9 Å². The number of likely N-dealkylation sites (tertiary alicyclic amines) is 6. The number of carbonyl (C=O) groups excluding carboxylic acids is 10. The Morgan fingerprint density at radius 3 is 0.940 bits per heavy atom.